The molecule has 0 aliphatic heterocycles. The molecule has 4 heteroatoms. The smallest absolute Gasteiger partial charge is 0.0998 e. The number of hydrogen-bond donors (Lipinski definition) is 0. The van der Waals surface area contributed by atoms with E-state index in [4.69, 9.17) is 18.9 Å². The van der Waals surface area contributed by atoms with Gasteiger partial charge in [0.25, 0.3) is 0 Å². The zero-order valence-electron chi connectivity index (χ0n) is 37.6. The van der Waals surface area contributed by atoms with Gasteiger partial charge in [0.15, 0.2) is 0 Å². The maximum atomic E-state index is 6.92. The lowest BCUT2D eigenvalue weighted by atomic mass is 10.0. The van der Waals surface area contributed by atoms with Crippen LogP contribution in [0, 0.1) is 6.10 Å². The van der Waals surface area contributed by atoms with Gasteiger partial charge in [0.05, 0.1) is 30.5 Å². The molecule has 0 saturated heterocycles. The van der Waals surface area contributed by atoms with Crippen molar-refractivity contribution in [3.63, 3.8) is 0 Å². The van der Waals surface area contributed by atoms with Gasteiger partial charge in [0.1, 0.15) is 0 Å². The summed E-state index contributed by atoms with van der Waals surface area (Å²) < 4.78 is 26.6. The molecule has 0 bridgehead atoms. The monoisotopic (exact) mass is 752 g/mol. The van der Waals surface area contributed by atoms with Crippen molar-refractivity contribution >= 4 is 0 Å². The number of rotatable bonds is 45. The largest absolute Gasteiger partial charge is 0.376 e. The molecule has 0 N–H and O–H groups in total. The quantitative estimate of drug-likeness (QED) is 0.0581. The fourth-order valence-corrected chi connectivity index (χ4v) is 7.56. The van der Waals surface area contributed by atoms with Gasteiger partial charge in [-0.25, -0.2) is 0 Å². The van der Waals surface area contributed by atoms with E-state index in [0.717, 1.165) is 51.9 Å². The zero-order valence-corrected chi connectivity index (χ0v) is 37.6. The maximum Gasteiger partial charge on any atom is 0.0998 e. The number of ether oxygens (including phenoxy) is 4. The van der Waals surface area contributed by atoms with Crippen LogP contribution < -0.4 is 0 Å². The molecule has 0 spiro atoms. The summed E-state index contributed by atoms with van der Waals surface area (Å²) in [5.41, 5.74) is 0. The van der Waals surface area contributed by atoms with E-state index in [0.29, 0.717) is 0 Å². The molecule has 0 aliphatic rings. The van der Waals surface area contributed by atoms with Gasteiger partial charge in [-0.2, -0.15) is 0 Å². The van der Waals surface area contributed by atoms with Crippen LogP contribution in [0.3, 0.4) is 0 Å². The molecule has 0 rings (SSSR count). The van der Waals surface area contributed by atoms with Crippen LogP contribution in [-0.2, 0) is 18.9 Å². The summed E-state index contributed by atoms with van der Waals surface area (Å²) in [6.07, 6.45) is 45.5. The molecule has 4 unspecified atom stereocenters. The van der Waals surface area contributed by atoms with Crippen molar-refractivity contribution in [3.05, 3.63) is 6.10 Å². The minimum absolute atomic E-state index is 0.123. The molecule has 0 heterocycles. The minimum Gasteiger partial charge on any atom is -0.376 e. The van der Waals surface area contributed by atoms with Crippen molar-refractivity contribution in [2.45, 2.75) is 291 Å². The fourth-order valence-electron chi connectivity index (χ4n) is 7.56. The van der Waals surface area contributed by atoms with Crippen LogP contribution in [0.2, 0.25) is 0 Å². The topological polar surface area (TPSA) is 36.9 Å². The van der Waals surface area contributed by atoms with Crippen molar-refractivity contribution in [3.8, 4) is 0 Å². The summed E-state index contributed by atoms with van der Waals surface area (Å²) in [4.78, 5) is 0. The summed E-state index contributed by atoms with van der Waals surface area (Å²) in [5.74, 6) is 0. The normalized spacial score (nSPS) is 14.3. The van der Waals surface area contributed by atoms with E-state index in [1.807, 2.05) is 0 Å². The molecular formula is C49H99O4. The summed E-state index contributed by atoms with van der Waals surface area (Å²) in [6, 6.07) is 0. The predicted molar refractivity (Wildman–Crippen MR) is 234 cm³/mol. The summed E-state index contributed by atoms with van der Waals surface area (Å²) in [7, 11) is 0. The van der Waals surface area contributed by atoms with Crippen LogP contribution in [0.25, 0.3) is 0 Å². The highest BCUT2D eigenvalue weighted by molar-refractivity contribution is 4.83. The van der Waals surface area contributed by atoms with Gasteiger partial charge in [-0.15, -0.1) is 0 Å². The third-order valence-corrected chi connectivity index (χ3v) is 11.3. The van der Waals surface area contributed by atoms with E-state index >= 15 is 0 Å². The SMILES string of the molecule is CCCCCCCCCCOC(C)C(CCCCCCCC)OCC[C](CCC)OC(CCCCCCCCC)C(C)OCCCCCCCCCC. The summed E-state index contributed by atoms with van der Waals surface area (Å²) in [5, 5.41) is 0. The van der Waals surface area contributed by atoms with Gasteiger partial charge in [-0.3, -0.25) is 0 Å². The second-order valence-corrected chi connectivity index (χ2v) is 16.7. The molecule has 0 amide bonds. The highest BCUT2D eigenvalue weighted by atomic mass is 16.6. The molecule has 4 nitrogen and oxygen atoms in total. The Bertz CT molecular complexity index is 671. The third-order valence-electron chi connectivity index (χ3n) is 11.3. The maximum absolute atomic E-state index is 6.92. The van der Waals surface area contributed by atoms with Gasteiger partial charge >= 0.3 is 0 Å². The number of hydrogen-bond acceptors (Lipinski definition) is 4. The molecular weight excluding hydrogens is 653 g/mol. The van der Waals surface area contributed by atoms with E-state index in [2.05, 4.69) is 48.5 Å². The highest BCUT2D eigenvalue weighted by Crippen LogP contribution is 2.26. The first-order valence-electron chi connectivity index (χ1n) is 24.4. The Balaban J connectivity index is 5.06. The molecule has 0 saturated carbocycles. The Morgan fingerprint density at radius 2 is 0.660 bits per heavy atom. The molecule has 0 aromatic heterocycles. The molecule has 0 aliphatic carbocycles. The average Bonchev–Trinajstić information content (AvgIpc) is 3.16. The minimum atomic E-state index is 0.123. The van der Waals surface area contributed by atoms with E-state index in [-0.39, 0.29) is 24.4 Å². The third kappa shape index (κ3) is 36.0. The lowest BCUT2D eigenvalue weighted by molar-refractivity contribution is -0.0878. The number of unbranched alkanes of at least 4 members (excludes halogenated alkanes) is 25. The Morgan fingerprint density at radius 3 is 1.06 bits per heavy atom. The van der Waals surface area contributed by atoms with Gasteiger partial charge in [0, 0.05) is 26.2 Å². The average molecular weight is 752 g/mol. The first-order chi connectivity index (χ1) is 26.0. The van der Waals surface area contributed by atoms with Crippen LogP contribution in [0.1, 0.15) is 267 Å². The van der Waals surface area contributed by atoms with Crippen LogP contribution in [0.4, 0.5) is 0 Å². The van der Waals surface area contributed by atoms with Crippen molar-refractivity contribution in [1.82, 2.24) is 0 Å². The summed E-state index contributed by atoms with van der Waals surface area (Å²) in [6.45, 7) is 18.4. The Hall–Kier alpha value is -0.160. The first-order valence-corrected chi connectivity index (χ1v) is 24.4. The Morgan fingerprint density at radius 1 is 0.321 bits per heavy atom. The lowest BCUT2D eigenvalue weighted by Crippen LogP contribution is -2.32. The zero-order chi connectivity index (χ0) is 38.9. The van der Waals surface area contributed by atoms with E-state index in [9.17, 15) is 0 Å². The molecule has 53 heavy (non-hydrogen) atoms. The molecule has 0 aromatic rings. The lowest BCUT2D eigenvalue weighted by Gasteiger charge is -2.30. The predicted octanol–water partition coefficient (Wildman–Crippen LogP) is 16.5. The van der Waals surface area contributed by atoms with Crippen molar-refractivity contribution in [2.24, 2.45) is 0 Å². The molecule has 1 radical (unpaired) electrons. The van der Waals surface area contributed by atoms with Crippen molar-refractivity contribution in [2.75, 3.05) is 19.8 Å². The van der Waals surface area contributed by atoms with Crippen LogP contribution >= 0.6 is 0 Å². The van der Waals surface area contributed by atoms with Crippen LogP contribution in [0.5, 0.6) is 0 Å². The van der Waals surface area contributed by atoms with Crippen molar-refractivity contribution < 1.29 is 18.9 Å². The van der Waals surface area contributed by atoms with Gasteiger partial charge in [0.2, 0.25) is 0 Å². The van der Waals surface area contributed by atoms with Crippen LogP contribution in [0.15, 0.2) is 0 Å². The van der Waals surface area contributed by atoms with Gasteiger partial charge in [-0.1, -0.05) is 214 Å². The Labute approximate surface area is 335 Å². The summed E-state index contributed by atoms with van der Waals surface area (Å²) >= 11 is 0. The van der Waals surface area contributed by atoms with Gasteiger partial charge < -0.3 is 18.9 Å². The molecule has 319 valence electrons. The van der Waals surface area contributed by atoms with Gasteiger partial charge in [-0.05, 0) is 46.0 Å². The highest BCUT2D eigenvalue weighted by Gasteiger charge is 2.25. The van der Waals surface area contributed by atoms with E-state index in [1.165, 1.54) is 192 Å². The first kappa shape index (κ1) is 52.8. The second-order valence-electron chi connectivity index (χ2n) is 16.7. The van der Waals surface area contributed by atoms with Crippen LogP contribution in [-0.4, -0.2) is 44.2 Å². The standard InChI is InChI=1S/C49H99O4/c1-8-13-17-21-25-28-32-36-42-50-45(6)48(39-34-30-24-20-16-11-4)52-44-41-47(38-12-5)53-49(40-35-31-27-23-19-15-10-3)46(7)51-43-37-33-29-26-22-18-14-9-2/h45-46,48-49H,8-44H2,1-7H3. The Kier molecular flexibility index (Phi) is 42.8. The molecule has 4 atom stereocenters. The van der Waals surface area contributed by atoms with E-state index < -0.39 is 0 Å². The van der Waals surface area contributed by atoms with Crippen molar-refractivity contribution in [1.29, 1.82) is 0 Å². The molecule has 0 fully saturated rings. The van der Waals surface area contributed by atoms with E-state index in [1.54, 1.807) is 0 Å². The second kappa shape index (κ2) is 43.0. The fraction of sp³-hybridized carbons (Fsp3) is 0.980. The molecule has 0 aromatic carbocycles.